The number of ether oxygens (including phenoxy) is 2. The average molecular weight is 275 g/mol. The van der Waals surface area contributed by atoms with E-state index in [0.717, 1.165) is 13.1 Å². The van der Waals surface area contributed by atoms with Gasteiger partial charge in [0.15, 0.2) is 0 Å². The van der Waals surface area contributed by atoms with E-state index in [1.165, 1.54) is 7.11 Å². The van der Waals surface area contributed by atoms with Gasteiger partial charge in [-0.3, -0.25) is 4.90 Å². The molecule has 0 spiro atoms. The van der Waals surface area contributed by atoms with Crippen LogP contribution in [0.15, 0.2) is 12.3 Å². The average Bonchev–Trinajstić information content (AvgIpc) is 2.22. The lowest BCUT2D eigenvalue weighted by Gasteiger charge is -2.41. The van der Waals surface area contributed by atoms with Crippen LogP contribution in [-0.2, 0) is 0 Å². The Bertz CT molecular complexity index is 397. The summed E-state index contributed by atoms with van der Waals surface area (Å²) < 4.78 is 10.7. The standard InChI is InChI=1S/C11H15ClN2O2S/c1-7(17)14-5-9(6-14)16-8-3-10(12)11(15-2)13-4-8/h3-4,7,9,17H,5-6H2,1-2H3. The van der Waals surface area contributed by atoms with Crippen LogP contribution in [0.1, 0.15) is 6.92 Å². The van der Waals surface area contributed by atoms with Crippen molar-refractivity contribution in [1.82, 2.24) is 9.88 Å². The number of likely N-dealkylation sites (tertiary alicyclic amines) is 1. The Labute approximate surface area is 111 Å². The summed E-state index contributed by atoms with van der Waals surface area (Å²) in [5.41, 5.74) is 0. The first-order chi connectivity index (χ1) is 8.10. The minimum atomic E-state index is 0.191. The van der Waals surface area contributed by atoms with Gasteiger partial charge < -0.3 is 9.47 Å². The molecule has 1 saturated heterocycles. The molecular formula is C11H15ClN2O2S. The number of rotatable bonds is 4. The predicted molar refractivity (Wildman–Crippen MR) is 70.2 cm³/mol. The topological polar surface area (TPSA) is 34.6 Å². The van der Waals surface area contributed by atoms with Gasteiger partial charge in [0.25, 0.3) is 0 Å². The molecule has 0 amide bonds. The Balaban J connectivity index is 1.90. The zero-order valence-corrected chi connectivity index (χ0v) is 11.4. The summed E-state index contributed by atoms with van der Waals surface area (Å²) >= 11 is 10.3. The van der Waals surface area contributed by atoms with E-state index in [2.05, 4.69) is 22.5 Å². The van der Waals surface area contributed by atoms with Gasteiger partial charge in [-0.1, -0.05) is 11.6 Å². The second-order valence-corrected chi connectivity index (χ2v) is 5.14. The van der Waals surface area contributed by atoms with E-state index in [4.69, 9.17) is 21.1 Å². The van der Waals surface area contributed by atoms with Crippen molar-refractivity contribution in [1.29, 1.82) is 0 Å². The van der Waals surface area contributed by atoms with E-state index in [1.54, 1.807) is 12.3 Å². The molecule has 1 aromatic rings. The highest BCUT2D eigenvalue weighted by Gasteiger charge is 2.30. The molecule has 2 rings (SSSR count). The normalized spacial score (nSPS) is 18.6. The summed E-state index contributed by atoms with van der Waals surface area (Å²) in [4.78, 5) is 6.27. The smallest absolute Gasteiger partial charge is 0.232 e. The molecular weight excluding hydrogens is 260 g/mol. The van der Waals surface area contributed by atoms with E-state index < -0.39 is 0 Å². The number of thiol groups is 1. The molecule has 1 aliphatic heterocycles. The lowest BCUT2D eigenvalue weighted by atomic mass is 10.2. The Hall–Kier alpha value is -0.650. The minimum absolute atomic E-state index is 0.191. The van der Waals surface area contributed by atoms with E-state index in [9.17, 15) is 0 Å². The predicted octanol–water partition coefficient (Wildman–Crippen LogP) is 2.08. The number of aromatic nitrogens is 1. The maximum absolute atomic E-state index is 5.96. The summed E-state index contributed by atoms with van der Waals surface area (Å²) in [6, 6.07) is 1.72. The number of hydrogen-bond donors (Lipinski definition) is 1. The number of methoxy groups -OCH3 is 1. The molecule has 94 valence electrons. The van der Waals surface area contributed by atoms with E-state index in [1.807, 2.05) is 6.92 Å². The van der Waals surface area contributed by atoms with Gasteiger partial charge in [0.1, 0.15) is 16.9 Å². The Morgan fingerprint density at radius 3 is 2.82 bits per heavy atom. The first-order valence-electron chi connectivity index (χ1n) is 5.38. The second kappa shape index (κ2) is 5.33. The fourth-order valence-corrected chi connectivity index (χ4v) is 2.09. The van der Waals surface area contributed by atoms with Crippen molar-refractivity contribution in [2.45, 2.75) is 18.4 Å². The SMILES string of the molecule is COc1ncc(OC2CN(C(C)S)C2)cc1Cl. The summed E-state index contributed by atoms with van der Waals surface area (Å²) in [5, 5.41) is 0.733. The summed E-state index contributed by atoms with van der Waals surface area (Å²) in [5.74, 6) is 1.09. The van der Waals surface area contributed by atoms with Crippen LogP contribution in [0.2, 0.25) is 5.02 Å². The zero-order valence-electron chi connectivity index (χ0n) is 9.76. The molecule has 0 aliphatic carbocycles. The van der Waals surface area contributed by atoms with Crippen molar-refractivity contribution in [3.8, 4) is 11.6 Å². The van der Waals surface area contributed by atoms with Crippen molar-refractivity contribution in [2.24, 2.45) is 0 Å². The highest BCUT2D eigenvalue weighted by molar-refractivity contribution is 7.80. The van der Waals surface area contributed by atoms with Gasteiger partial charge in [-0.05, 0) is 6.92 Å². The number of halogens is 1. The molecule has 2 heterocycles. The third-order valence-electron chi connectivity index (χ3n) is 2.68. The highest BCUT2D eigenvalue weighted by atomic mass is 35.5. The lowest BCUT2D eigenvalue weighted by Crippen LogP contribution is -2.55. The monoisotopic (exact) mass is 274 g/mol. The highest BCUT2D eigenvalue weighted by Crippen LogP contribution is 2.27. The largest absolute Gasteiger partial charge is 0.486 e. The molecule has 0 aromatic carbocycles. The first kappa shape index (κ1) is 12.8. The van der Waals surface area contributed by atoms with Crippen LogP contribution < -0.4 is 9.47 Å². The summed E-state index contributed by atoms with van der Waals surface area (Å²) in [7, 11) is 1.53. The van der Waals surface area contributed by atoms with Crippen LogP contribution in [0.25, 0.3) is 0 Å². The van der Waals surface area contributed by atoms with Gasteiger partial charge in [-0.15, -0.1) is 0 Å². The van der Waals surface area contributed by atoms with Crippen LogP contribution in [0, 0.1) is 0 Å². The third kappa shape index (κ3) is 2.97. The molecule has 1 unspecified atom stereocenters. The number of nitrogens with zero attached hydrogens (tertiary/aromatic N) is 2. The molecule has 1 atom stereocenters. The molecule has 1 aromatic heterocycles. The van der Waals surface area contributed by atoms with Gasteiger partial charge in [0, 0.05) is 19.2 Å². The Morgan fingerprint density at radius 2 is 2.29 bits per heavy atom. The quantitative estimate of drug-likeness (QED) is 0.853. The zero-order chi connectivity index (χ0) is 12.4. The molecule has 0 saturated carbocycles. The molecule has 0 bridgehead atoms. The Kier molecular flexibility index (Phi) is 4.01. The minimum Gasteiger partial charge on any atom is -0.486 e. The van der Waals surface area contributed by atoms with Crippen LogP contribution in [0.4, 0.5) is 0 Å². The van der Waals surface area contributed by atoms with E-state index in [-0.39, 0.29) is 11.5 Å². The molecule has 17 heavy (non-hydrogen) atoms. The van der Waals surface area contributed by atoms with Crippen molar-refractivity contribution in [2.75, 3.05) is 20.2 Å². The van der Waals surface area contributed by atoms with Crippen molar-refractivity contribution in [3.63, 3.8) is 0 Å². The second-order valence-electron chi connectivity index (χ2n) is 3.99. The lowest BCUT2D eigenvalue weighted by molar-refractivity contribution is 0.0161. The van der Waals surface area contributed by atoms with Crippen molar-refractivity contribution >= 4 is 24.2 Å². The maximum Gasteiger partial charge on any atom is 0.232 e. The van der Waals surface area contributed by atoms with E-state index in [0.29, 0.717) is 16.7 Å². The molecule has 1 fully saturated rings. The van der Waals surface area contributed by atoms with Crippen LogP contribution in [0.5, 0.6) is 11.6 Å². The van der Waals surface area contributed by atoms with Gasteiger partial charge in [0.05, 0.1) is 18.7 Å². The van der Waals surface area contributed by atoms with Gasteiger partial charge in [0.2, 0.25) is 5.88 Å². The van der Waals surface area contributed by atoms with Crippen LogP contribution in [0.3, 0.4) is 0 Å². The van der Waals surface area contributed by atoms with Gasteiger partial charge >= 0.3 is 0 Å². The molecule has 0 N–H and O–H groups in total. The maximum atomic E-state index is 5.96. The summed E-state index contributed by atoms with van der Waals surface area (Å²) in [6.45, 7) is 3.81. The van der Waals surface area contributed by atoms with Crippen molar-refractivity contribution < 1.29 is 9.47 Å². The molecule has 0 radical (unpaired) electrons. The molecule has 4 nitrogen and oxygen atoms in total. The molecule has 1 aliphatic rings. The first-order valence-corrected chi connectivity index (χ1v) is 6.28. The Morgan fingerprint density at radius 1 is 1.59 bits per heavy atom. The van der Waals surface area contributed by atoms with Crippen LogP contribution >= 0.6 is 24.2 Å². The molecule has 6 heteroatoms. The van der Waals surface area contributed by atoms with Crippen molar-refractivity contribution in [3.05, 3.63) is 17.3 Å². The van der Waals surface area contributed by atoms with E-state index >= 15 is 0 Å². The fourth-order valence-electron chi connectivity index (χ4n) is 1.66. The third-order valence-corrected chi connectivity index (χ3v) is 3.28. The van der Waals surface area contributed by atoms with Crippen LogP contribution in [-0.4, -0.2) is 41.6 Å². The summed E-state index contributed by atoms with van der Waals surface area (Å²) in [6.07, 6.45) is 1.81. The number of pyridine rings is 1. The van der Waals surface area contributed by atoms with Gasteiger partial charge in [-0.2, -0.15) is 12.6 Å². The van der Waals surface area contributed by atoms with Gasteiger partial charge in [-0.25, -0.2) is 4.98 Å². The number of hydrogen-bond acceptors (Lipinski definition) is 5. The fraction of sp³-hybridized carbons (Fsp3) is 0.545.